The Morgan fingerprint density at radius 1 is 0.950 bits per heavy atom. The quantitative estimate of drug-likeness (QED) is 0.803. The standard InChI is InChI=1S/C18H18O2/c1-3-5-13-7-9-17(19)15(11-13)16-12-14(6-4-2)8-10-18(16)20/h3-4,7-12,19-20H,1-2,5-6H2/i1D2,2D2,3D,4D,5D2,6D2. The maximum absolute atomic E-state index is 10.3. The maximum Gasteiger partial charge on any atom is 0.123 e. The third kappa shape index (κ3) is 2.91. The van der Waals surface area contributed by atoms with Crippen molar-refractivity contribution in [3.63, 3.8) is 0 Å². The number of hydrogen-bond donors (Lipinski definition) is 2. The molecule has 0 fully saturated rings. The lowest BCUT2D eigenvalue weighted by atomic mass is 9.97. The molecule has 20 heavy (non-hydrogen) atoms. The number of rotatable bonds is 5. The van der Waals surface area contributed by atoms with E-state index in [1.165, 1.54) is 0 Å². The summed E-state index contributed by atoms with van der Waals surface area (Å²) in [5, 5.41) is 20.5. The molecule has 0 aromatic heterocycles. The Hall–Kier alpha value is -2.48. The molecule has 102 valence electrons. The van der Waals surface area contributed by atoms with E-state index in [1.807, 2.05) is 0 Å². The molecular formula is C18H18O2. The summed E-state index contributed by atoms with van der Waals surface area (Å²) in [6.45, 7) is -2.05. The van der Waals surface area contributed by atoms with Crippen LogP contribution in [-0.4, -0.2) is 10.2 Å². The molecule has 0 aliphatic rings. The predicted molar refractivity (Wildman–Crippen MR) is 83.0 cm³/mol. The molecule has 0 amide bonds. The first kappa shape index (κ1) is 5.88. The highest BCUT2D eigenvalue weighted by atomic mass is 16.3. The van der Waals surface area contributed by atoms with Crippen LogP contribution < -0.4 is 0 Å². The van der Waals surface area contributed by atoms with Crippen LogP contribution >= 0.6 is 0 Å². The molecule has 2 aromatic carbocycles. The van der Waals surface area contributed by atoms with Gasteiger partial charge in [0.2, 0.25) is 0 Å². The normalized spacial score (nSPS) is 18.4. The average Bonchev–Trinajstić information content (AvgIpc) is 2.67. The van der Waals surface area contributed by atoms with Crippen LogP contribution in [0, 0.1) is 0 Å². The van der Waals surface area contributed by atoms with E-state index in [-0.39, 0.29) is 22.3 Å². The van der Waals surface area contributed by atoms with Crippen molar-refractivity contribution >= 4 is 0 Å². The molecular weight excluding hydrogens is 248 g/mol. The van der Waals surface area contributed by atoms with Gasteiger partial charge in [0.05, 0.1) is 8.22 Å². The second-order valence-electron chi connectivity index (χ2n) is 3.96. The van der Waals surface area contributed by atoms with Crippen LogP contribution in [0.4, 0.5) is 0 Å². The minimum atomic E-state index is -2.54. The first-order valence-corrected chi connectivity index (χ1v) is 5.67. The van der Waals surface area contributed by atoms with Gasteiger partial charge in [-0.05, 0) is 48.1 Å². The van der Waals surface area contributed by atoms with E-state index < -0.39 is 49.4 Å². The monoisotopic (exact) mass is 276 g/mol. The fraction of sp³-hybridized carbons (Fsp3) is 0.111. The molecule has 2 rings (SSSR count). The van der Waals surface area contributed by atoms with Gasteiger partial charge in [-0.1, -0.05) is 24.2 Å². The van der Waals surface area contributed by atoms with Gasteiger partial charge in [0.25, 0.3) is 0 Å². The Kier molecular flexibility index (Phi) is 1.80. The van der Waals surface area contributed by atoms with Crippen LogP contribution in [-0.2, 0) is 12.7 Å². The largest absolute Gasteiger partial charge is 0.507 e. The SMILES string of the molecule is [2H]C([2H])=C([2H])C([2H])([2H])c1ccc(O)c(-c2cc(C([2H])([2H])C([2H])=C([2H])[2H])ccc2O)c1. The first-order chi connectivity index (χ1) is 13.7. The molecule has 2 nitrogen and oxygen atoms in total. The van der Waals surface area contributed by atoms with Gasteiger partial charge < -0.3 is 10.2 Å². The molecule has 0 aliphatic heterocycles. The molecule has 2 heteroatoms. The van der Waals surface area contributed by atoms with Gasteiger partial charge in [-0.2, -0.15) is 0 Å². The van der Waals surface area contributed by atoms with Gasteiger partial charge in [-0.25, -0.2) is 0 Å². The highest BCUT2D eigenvalue weighted by Crippen LogP contribution is 2.36. The number of aromatic hydroxyl groups is 2. The predicted octanol–water partition coefficient (Wildman–Crippen LogP) is 4.22. The van der Waals surface area contributed by atoms with Crippen molar-refractivity contribution in [1.82, 2.24) is 0 Å². The van der Waals surface area contributed by atoms with E-state index in [0.717, 1.165) is 36.4 Å². The first-order valence-electron chi connectivity index (χ1n) is 10.7. The van der Waals surface area contributed by atoms with Crippen molar-refractivity contribution in [3.05, 3.63) is 72.7 Å². The van der Waals surface area contributed by atoms with E-state index in [4.69, 9.17) is 13.7 Å². The summed E-state index contributed by atoms with van der Waals surface area (Å²) < 4.78 is 76.2. The lowest BCUT2D eigenvalue weighted by Crippen LogP contribution is -1.88. The van der Waals surface area contributed by atoms with Crippen LogP contribution in [0.25, 0.3) is 11.1 Å². The van der Waals surface area contributed by atoms with Crippen LogP contribution in [0.1, 0.15) is 24.8 Å². The van der Waals surface area contributed by atoms with Gasteiger partial charge in [0, 0.05) is 16.6 Å². The Labute approximate surface area is 133 Å². The second kappa shape index (κ2) is 6.11. The lowest BCUT2D eigenvalue weighted by molar-refractivity contribution is 0.469. The number of phenolic OH excluding ortho intramolecular Hbond substituents is 2. The molecule has 0 atom stereocenters. The fourth-order valence-corrected chi connectivity index (χ4v) is 1.80. The molecule has 0 spiro atoms. The zero-order valence-electron chi connectivity index (χ0n) is 20.4. The van der Waals surface area contributed by atoms with Gasteiger partial charge in [0.1, 0.15) is 11.5 Å². The minimum Gasteiger partial charge on any atom is -0.507 e. The summed E-state index contributed by atoms with van der Waals surface area (Å²) in [4.78, 5) is 0. The molecule has 0 saturated carbocycles. The van der Waals surface area contributed by atoms with Crippen LogP contribution in [0.5, 0.6) is 11.5 Å². The zero-order chi connectivity index (χ0) is 23.0. The maximum atomic E-state index is 10.3. The summed E-state index contributed by atoms with van der Waals surface area (Å²) in [5.41, 5.74) is -0.566. The molecule has 0 bridgehead atoms. The van der Waals surface area contributed by atoms with Gasteiger partial charge in [0.15, 0.2) is 0 Å². The molecule has 2 N–H and O–H groups in total. The second-order valence-corrected chi connectivity index (χ2v) is 3.96. The smallest absolute Gasteiger partial charge is 0.123 e. The van der Waals surface area contributed by atoms with Gasteiger partial charge >= 0.3 is 0 Å². The topological polar surface area (TPSA) is 40.5 Å². The van der Waals surface area contributed by atoms with E-state index in [2.05, 4.69) is 0 Å². The summed E-state index contributed by atoms with van der Waals surface area (Å²) in [6, 6.07) is 4.93. The minimum absolute atomic E-state index is 0.108. The highest BCUT2D eigenvalue weighted by molar-refractivity contribution is 5.76. The summed E-state index contributed by atoms with van der Waals surface area (Å²) in [6.07, 6.45) is -5.07. The summed E-state index contributed by atoms with van der Waals surface area (Å²) in [5.74, 6) is -0.781. The molecule has 0 unspecified atom stereocenters. The number of allylic oxidation sites excluding steroid dienone is 2. The average molecular weight is 276 g/mol. The number of hydrogen-bond acceptors (Lipinski definition) is 2. The summed E-state index contributed by atoms with van der Waals surface area (Å²) >= 11 is 0. The third-order valence-corrected chi connectivity index (χ3v) is 2.70. The van der Waals surface area contributed by atoms with E-state index >= 15 is 0 Å². The Bertz CT molecular complexity index is 952. The van der Waals surface area contributed by atoms with Crippen LogP contribution in [0.3, 0.4) is 0 Å². The molecule has 0 saturated heterocycles. The number of phenols is 2. The van der Waals surface area contributed by atoms with Crippen LogP contribution in [0.15, 0.2) is 61.6 Å². The van der Waals surface area contributed by atoms with Gasteiger partial charge in [-0.15, -0.1) is 13.1 Å². The fourth-order valence-electron chi connectivity index (χ4n) is 1.80. The van der Waals surface area contributed by atoms with E-state index in [1.54, 1.807) is 0 Å². The van der Waals surface area contributed by atoms with Crippen molar-refractivity contribution in [1.29, 1.82) is 0 Å². The molecule has 2 aromatic rings. The van der Waals surface area contributed by atoms with Crippen molar-refractivity contribution in [3.8, 4) is 22.6 Å². The Morgan fingerprint density at radius 2 is 1.40 bits per heavy atom. The van der Waals surface area contributed by atoms with Crippen LogP contribution in [0.2, 0.25) is 0 Å². The van der Waals surface area contributed by atoms with E-state index in [9.17, 15) is 10.2 Å². The zero-order valence-corrected chi connectivity index (χ0v) is 10.4. The van der Waals surface area contributed by atoms with Crippen molar-refractivity contribution in [2.45, 2.75) is 12.7 Å². The Morgan fingerprint density at radius 3 is 1.80 bits per heavy atom. The van der Waals surface area contributed by atoms with Crippen molar-refractivity contribution in [2.24, 2.45) is 0 Å². The molecule has 0 heterocycles. The lowest BCUT2D eigenvalue weighted by Gasteiger charge is -2.10. The summed E-state index contributed by atoms with van der Waals surface area (Å²) in [7, 11) is 0. The Balaban J connectivity index is 2.72. The molecule has 0 radical (unpaired) electrons. The van der Waals surface area contributed by atoms with Gasteiger partial charge in [-0.3, -0.25) is 0 Å². The van der Waals surface area contributed by atoms with E-state index in [0.29, 0.717) is 0 Å². The highest BCUT2D eigenvalue weighted by Gasteiger charge is 2.10. The van der Waals surface area contributed by atoms with Crippen molar-refractivity contribution in [2.75, 3.05) is 0 Å². The third-order valence-electron chi connectivity index (χ3n) is 2.70. The number of benzene rings is 2. The van der Waals surface area contributed by atoms with Crippen molar-refractivity contribution < 1.29 is 23.9 Å². The molecule has 0 aliphatic carbocycles.